The van der Waals surface area contributed by atoms with Gasteiger partial charge in [-0.2, -0.15) is 5.10 Å². The number of rotatable bonds is 8. The van der Waals surface area contributed by atoms with E-state index in [1.807, 2.05) is 35.7 Å². The Hall–Kier alpha value is -3.46. The van der Waals surface area contributed by atoms with Gasteiger partial charge < -0.3 is 4.74 Å². The predicted octanol–water partition coefficient (Wildman–Crippen LogP) is 7.05. The molecule has 4 aromatic rings. The number of non-ortho nitro benzene ring substituents is 1. The van der Waals surface area contributed by atoms with Gasteiger partial charge in [0, 0.05) is 23.1 Å². The number of ether oxygens (including phenoxy) is 1. The van der Waals surface area contributed by atoms with E-state index in [9.17, 15) is 10.1 Å². The summed E-state index contributed by atoms with van der Waals surface area (Å²) in [5.41, 5.74) is 6.21. The van der Waals surface area contributed by atoms with Crippen molar-refractivity contribution < 1.29 is 9.66 Å². The fourth-order valence-corrected chi connectivity index (χ4v) is 3.84. The maximum absolute atomic E-state index is 10.8. The van der Waals surface area contributed by atoms with Crippen LogP contribution in [0.15, 0.2) is 77.2 Å². The molecule has 0 saturated heterocycles. The zero-order valence-corrected chi connectivity index (χ0v) is 19.3. The molecule has 4 rings (SSSR count). The molecule has 0 aliphatic heterocycles. The molecule has 0 bridgehead atoms. The van der Waals surface area contributed by atoms with Gasteiger partial charge in [0.25, 0.3) is 5.69 Å². The van der Waals surface area contributed by atoms with E-state index in [0.29, 0.717) is 33.2 Å². The van der Waals surface area contributed by atoms with Crippen LogP contribution in [0.5, 0.6) is 5.75 Å². The molecule has 1 N–H and O–H groups in total. The topological polar surface area (TPSA) is 89.7 Å². The third-order valence-electron chi connectivity index (χ3n) is 4.50. The van der Waals surface area contributed by atoms with Gasteiger partial charge in [-0.1, -0.05) is 41.4 Å². The number of aromatic nitrogens is 1. The van der Waals surface area contributed by atoms with Gasteiger partial charge >= 0.3 is 0 Å². The van der Waals surface area contributed by atoms with Gasteiger partial charge in [-0.15, -0.1) is 11.3 Å². The zero-order valence-electron chi connectivity index (χ0n) is 16.9. The van der Waals surface area contributed by atoms with E-state index in [4.69, 9.17) is 27.9 Å². The first-order chi connectivity index (χ1) is 16.0. The number of nitro groups is 1. The average Bonchev–Trinajstić information content (AvgIpc) is 3.29. The summed E-state index contributed by atoms with van der Waals surface area (Å²) >= 11 is 13.4. The molecule has 10 heteroatoms. The molecule has 7 nitrogen and oxygen atoms in total. The fourth-order valence-electron chi connectivity index (χ4n) is 2.85. The third kappa shape index (κ3) is 6.07. The summed E-state index contributed by atoms with van der Waals surface area (Å²) in [6.45, 7) is 0.361. The molecule has 0 spiro atoms. The van der Waals surface area contributed by atoms with Crippen LogP contribution >= 0.6 is 34.5 Å². The van der Waals surface area contributed by atoms with Gasteiger partial charge in [-0.3, -0.25) is 15.5 Å². The van der Waals surface area contributed by atoms with Crippen LogP contribution in [-0.2, 0) is 6.61 Å². The summed E-state index contributed by atoms with van der Waals surface area (Å²) in [5.74, 6) is 0.694. The monoisotopic (exact) mass is 498 g/mol. The first kappa shape index (κ1) is 22.7. The number of hydrogen-bond donors (Lipinski definition) is 1. The maximum atomic E-state index is 10.8. The normalized spacial score (nSPS) is 11.0. The molecule has 0 radical (unpaired) electrons. The summed E-state index contributed by atoms with van der Waals surface area (Å²) in [6, 6.07) is 19.1. The van der Waals surface area contributed by atoms with E-state index >= 15 is 0 Å². The molecule has 33 heavy (non-hydrogen) atoms. The molecule has 3 aromatic carbocycles. The van der Waals surface area contributed by atoms with Crippen LogP contribution in [0.2, 0.25) is 10.0 Å². The van der Waals surface area contributed by atoms with E-state index in [0.717, 1.165) is 16.7 Å². The Morgan fingerprint density at radius 2 is 1.91 bits per heavy atom. The van der Waals surface area contributed by atoms with E-state index < -0.39 is 4.92 Å². The molecule has 0 fully saturated rings. The van der Waals surface area contributed by atoms with Gasteiger partial charge in [0.05, 0.1) is 26.9 Å². The molecule has 1 aromatic heterocycles. The van der Waals surface area contributed by atoms with Crippen molar-refractivity contribution in [2.24, 2.45) is 5.10 Å². The first-order valence-electron chi connectivity index (χ1n) is 9.64. The van der Waals surface area contributed by atoms with E-state index in [2.05, 4.69) is 15.5 Å². The molecule has 0 aliphatic rings. The van der Waals surface area contributed by atoms with Crippen molar-refractivity contribution in [2.45, 2.75) is 6.61 Å². The third-order valence-corrected chi connectivity index (χ3v) is 5.99. The number of benzene rings is 3. The Morgan fingerprint density at radius 3 is 2.67 bits per heavy atom. The summed E-state index contributed by atoms with van der Waals surface area (Å²) in [4.78, 5) is 14.8. The van der Waals surface area contributed by atoms with E-state index in [1.54, 1.807) is 30.5 Å². The van der Waals surface area contributed by atoms with E-state index in [1.165, 1.54) is 23.5 Å². The lowest BCUT2D eigenvalue weighted by molar-refractivity contribution is -0.384. The number of hydrazone groups is 1. The SMILES string of the molecule is O=[N+]([O-])c1ccc(-c2csc(N/N=C\c3cccc(OCc4ccc(Cl)c(Cl)c4)c3)n2)cc1. The smallest absolute Gasteiger partial charge is 0.269 e. The van der Waals surface area contributed by atoms with Gasteiger partial charge in [-0.25, -0.2) is 4.98 Å². The summed E-state index contributed by atoms with van der Waals surface area (Å²) in [6.07, 6.45) is 1.67. The minimum atomic E-state index is -0.431. The Bertz CT molecular complexity index is 1310. The van der Waals surface area contributed by atoms with Crippen LogP contribution in [0.1, 0.15) is 11.1 Å². The number of thiazole rings is 1. The van der Waals surface area contributed by atoms with Crippen molar-refractivity contribution in [3.8, 4) is 17.0 Å². The van der Waals surface area contributed by atoms with Gasteiger partial charge in [-0.05, 0) is 47.5 Å². The summed E-state index contributed by atoms with van der Waals surface area (Å²) < 4.78 is 5.83. The lowest BCUT2D eigenvalue weighted by Gasteiger charge is -2.07. The molecule has 0 aliphatic carbocycles. The van der Waals surface area contributed by atoms with Gasteiger partial charge in [0.15, 0.2) is 0 Å². The van der Waals surface area contributed by atoms with Crippen molar-refractivity contribution in [2.75, 3.05) is 5.43 Å². The Morgan fingerprint density at radius 1 is 1.09 bits per heavy atom. The molecule has 0 amide bonds. The highest BCUT2D eigenvalue weighted by Crippen LogP contribution is 2.27. The number of nitrogens with zero attached hydrogens (tertiary/aromatic N) is 3. The van der Waals surface area contributed by atoms with E-state index in [-0.39, 0.29) is 5.69 Å². The van der Waals surface area contributed by atoms with Crippen LogP contribution in [0.3, 0.4) is 0 Å². The highest BCUT2D eigenvalue weighted by molar-refractivity contribution is 7.14. The largest absolute Gasteiger partial charge is 0.489 e. The minimum Gasteiger partial charge on any atom is -0.489 e. The highest BCUT2D eigenvalue weighted by atomic mass is 35.5. The molecule has 0 unspecified atom stereocenters. The quantitative estimate of drug-likeness (QED) is 0.159. The average molecular weight is 499 g/mol. The maximum Gasteiger partial charge on any atom is 0.269 e. The number of nitrogens with one attached hydrogen (secondary N) is 1. The molecule has 1 heterocycles. The van der Waals surface area contributed by atoms with Crippen molar-refractivity contribution >= 4 is 51.6 Å². The van der Waals surface area contributed by atoms with Crippen LogP contribution in [0.25, 0.3) is 11.3 Å². The van der Waals surface area contributed by atoms with Crippen LogP contribution < -0.4 is 10.2 Å². The molecule has 0 atom stereocenters. The molecular formula is C23H16Cl2N4O3S. The van der Waals surface area contributed by atoms with Crippen LogP contribution in [0, 0.1) is 10.1 Å². The highest BCUT2D eigenvalue weighted by Gasteiger charge is 2.08. The Balaban J connectivity index is 1.35. The van der Waals surface area contributed by atoms with Crippen molar-refractivity contribution in [3.05, 3.63) is 103 Å². The number of nitro benzene ring substituents is 1. The second-order valence-corrected chi connectivity index (χ2v) is 8.49. The number of anilines is 1. The lowest BCUT2D eigenvalue weighted by atomic mass is 10.1. The van der Waals surface area contributed by atoms with Crippen LogP contribution in [0.4, 0.5) is 10.8 Å². The number of hydrogen-bond acceptors (Lipinski definition) is 7. The Kier molecular flexibility index (Phi) is 7.19. The minimum absolute atomic E-state index is 0.0418. The first-order valence-corrected chi connectivity index (χ1v) is 11.3. The van der Waals surface area contributed by atoms with Gasteiger partial charge in [0.1, 0.15) is 12.4 Å². The zero-order chi connectivity index (χ0) is 23.2. The van der Waals surface area contributed by atoms with Crippen molar-refractivity contribution in [1.29, 1.82) is 0 Å². The molecular weight excluding hydrogens is 483 g/mol. The Labute approximate surface area is 203 Å². The number of halogens is 2. The fraction of sp³-hybridized carbons (Fsp3) is 0.0435. The lowest BCUT2D eigenvalue weighted by Crippen LogP contribution is -1.96. The van der Waals surface area contributed by atoms with Gasteiger partial charge in [0.2, 0.25) is 5.13 Å². The second-order valence-electron chi connectivity index (χ2n) is 6.82. The summed E-state index contributed by atoms with van der Waals surface area (Å²) in [7, 11) is 0. The standard InChI is InChI=1S/C23H16Cl2N4O3S/c24-20-9-4-16(11-21(20)25)13-32-19-3-1-2-15(10-19)12-26-28-23-27-22(14-33-23)17-5-7-18(8-6-17)29(30)31/h1-12,14H,13H2,(H,27,28)/b26-12-. The predicted molar refractivity (Wildman–Crippen MR) is 133 cm³/mol. The van der Waals surface area contributed by atoms with Crippen molar-refractivity contribution in [3.63, 3.8) is 0 Å². The summed E-state index contributed by atoms with van der Waals surface area (Å²) in [5, 5.41) is 18.5. The molecule has 166 valence electrons. The van der Waals surface area contributed by atoms with Crippen LogP contribution in [-0.4, -0.2) is 16.1 Å². The van der Waals surface area contributed by atoms with Crippen molar-refractivity contribution in [1.82, 2.24) is 4.98 Å². The molecule has 0 saturated carbocycles. The second kappa shape index (κ2) is 10.4.